The molecule has 0 aliphatic rings. The zero-order chi connectivity index (χ0) is 14.7. The van der Waals surface area contributed by atoms with Crippen molar-refractivity contribution in [3.05, 3.63) is 62.8 Å². The summed E-state index contributed by atoms with van der Waals surface area (Å²) in [6.07, 6.45) is 0.0259. The summed E-state index contributed by atoms with van der Waals surface area (Å²) in [6.45, 7) is 0. The van der Waals surface area contributed by atoms with Gasteiger partial charge in [0.25, 0.3) is 0 Å². The molecule has 6 heteroatoms. The van der Waals surface area contributed by atoms with Gasteiger partial charge in [0.05, 0.1) is 12.1 Å². The Bertz CT molecular complexity index is 605. The highest BCUT2D eigenvalue weighted by Gasteiger charge is 2.10. The second kappa shape index (κ2) is 6.44. The third kappa shape index (κ3) is 3.85. The number of hydrogen-bond acceptors (Lipinski definition) is 1. The molecule has 0 bridgehead atoms. The lowest BCUT2D eigenvalue weighted by atomic mass is 10.1. The van der Waals surface area contributed by atoms with Crippen LogP contribution in [0.3, 0.4) is 0 Å². The average Bonchev–Trinajstić information content (AvgIpc) is 2.36. The van der Waals surface area contributed by atoms with Crippen molar-refractivity contribution in [1.29, 1.82) is 0 Å². The lowest BCUT2D eigenvalue weighted by molar-refractivity contribution is -0.115. The lowest BCUT2D eigenvalue weighted by Crippen LogP contribution is -2.15. The number of halogens is 4. The second-order valence-corrected chi connectivity index (χ2v) is 5.36. The predicted molar refractivity (Wildman–Crippen MR) is 80.2 cm³/mol. The van der Waals surface area contributed by atoms with Crippen LogP contribution in [-0.4, -0.2) is 5.91 Å². The van der Waals surface area contributed by atoms with Crippen molar-refractivity contribution in [3.8, 4) is 0 Å². The highest BCUT2D eigenvalue weighted by molar-refractivity contribution is 6.35. The standard InChI is InChI=1S/C14H9Cl3FNO/c15-9-2-1-8(11(17)6-9)5-14(20)19-13-4-3-10(16)7-12(13)18/h1-4,6-7H,5H2,(H,19,20). The van der Waals surface area contributed by atoms with Gasteiger partial charge >= 0.3 is 0 Å². The summed E-state index contributed by atoms with van der Waals surface area (Å²) in [5.41, 5.74) is 0.687. The largest absolute Gasteiger partial charge is 0.323 e. The first-order valence-corrected chi connectivity index (χ1v) is 6.78. The first-order valence-electron chi connectivity index (χ1n) is 5.64. The first-order chi connectivity index (χ1) is 9.45. The second-order valence-electron chi connectivity index (χ2n) is 4.08. The number of rotatable bonds is 3. The molecular formula is C14H9Cl3FNO. The van der Waals surface area contributed by atoms with Crippen LogP contribution in [0, 0.1) is 5.82 Å². The molecule has 0 spiro atoms. The van der Waals surface area contributed by atoms with E-state index in [0.29, 0.717) is 15.6 Å². The van der Waals surface area contributed by atoms with E-state index < -0.39 is 5.82 Å². The molecule has 0 atom stereocenters. The molecule has 0 saturated carbocycles. The van der Waals surface area contributed by atoms with Crippen LogP contribution in [0.25, 0.3) is 0 Å². The molecule has 0 saturated heterocycles. The molecule has 0 fully saturated rings. The van der Waals surface area contributed by atoms with E-state index in [1.807, 2.05) is 0 Å². The van der Waals surface area contributed by atoms with Crippen molar-refractivity contribution in [2.45, 2.75) is 6.42 Å². The predicted octanol–water partition coefficient (Wildman–Crippen LogP) is 4.97. The van der Waals surface area contributed by atoms with Gasteiger partial charge in [-0.05, 0) is 35.9 Å². The maximum absolute atomic E-state index is 13.5. The Morgan fingerprint density at radius 2 is 1.70 bits per heavy atom. The summed E-state index contributed by atoms with van der Waals surface area (Å²) in [6, 6.07) is 8.87. The third-order valence-electron chi connectivity index (χ3n) is 2.57. The number of amides is 1. The van der Waals surface area contributed by atoms with Gasteiger partial charge < -0.3 is 5.32 Å². The molecule has 0 aromatic heterocycles. The van der Waals surface area contributed by atoms with Gasteiger partial charge in [-0.3, -0.25) is 4.79 Å². The van der Waals surface area contributed by atoms with E-state index in [2.05, 4.69) is 5.32 Å². The zero-order valence-electron chi connectivity index (χ0n) is 10.1. The zero-order valence-corrected chi connectivity index (χ0v) is 12.4. The van der Waals surface area contributed by atoms with Gasteiger partial charge in [0.15, 0.2) is 0 Å². The Labute approximate surface area is 130 Å². The van der Waals surface area contributed by atoms with Crippen molar-refractivity contribution < 1.29 is 9.18 Å². The topological polar surface area (TPSA) is 29.1 Å². The Kier molecular flexibility index (Phi) is 4.86. The molecule has 0 radical (unpaired) electrons. The van der Waals surface area contributed by atoms with Gasteiger partial charge in [-0.1, -0.05) is 40.9 Å². The summed E-state index contributed by atoms with van der Waals surface area (Å²) in [5, 5.41) is 3.61. The summed E-state index contributed by atoms with van der Waals surface area (Å²) >= 11 is 17.4. The van der Waals surface area contributed by atoms with Gasteiger partial charge in [0.1, 0.15) is 5.82 Å². The molecule has 2 nitrogen and oxygen atoms in total. The number of carbonyl (C=O) groups excluding carboxylic acids is 1. The van der Waals surface area contributed by atoms with Gasteiger partial charge in [0, 0.05) is 15.1 Å². The maximum Gasteiger partial charge on any atom is 0.228 e. The van der Waals surface area contributed by atoms with Crippen molar-refractivity contribution in [1.82, 2.24) is 0 Å². The molecule has 2 aromatic rings. The minimum atomic E-state index is -0.590. The Morgan fingerprint density at radius 3 is 2.35 bits per heavy atom. The van der Waals surface area contributed by atoms with E-state index in [4.69, 9.17) is 34.8 Å². The van der Waals surface area contributed by atoms with Crippen LogP contribution >= 0.6 is 34.8 Å². The molecule has 1 N–H and O–H groups in total. The molecule has 0 unspecified atom stereocenters. The van der Waals surface area contributed by atoms with E-state index in [9.17, 15) is 9.18 Å². The van der Waals surface area contributed by atoms with Gasteiger partial charge in [-0.2, -0.15) is 0 Å². The fourth-order valence-corrected chi connectivity index (χ4v) is 2.26. The summed E-state index contributed by atoms with van der Waals surface area (Å²) < 4.78 is 13.5. The summed E-state index contributed by atoms with van der Waals surface area (Å²) in [4.78, 5) is 11.9. The molecule has 2 aromatic carbocycles. The van der Waals surface area contributed by atoms with Crippen LogP contribution in [0.15, 0.2) is 36.4 Å². The Hall–Kier alpha value is -1.29. The van der Waals surface area contributed by atoms with E-state index in [1.54, 1.807) is 18.2 Å². The Balaban J connectivity index is 2.09. The van der Waals surface area contributed by atoms with Crippen molar-refractivity contribution in [3.63, 3.8) is 0 Å². The van der Waals surface area contributed by atoms with Gasteiger partial charge in [-0.15, -0.1) is 0 Å². The third-order valence-corrected chi connectivity index (χ3v) is 3.39. The Morgan fingerprint density at radius 1 is 1.05 bits per heavy atom. The smallest absolute Gasteiger partial charge is 0.228 e. The van der Waals surface area contributed by atoms with Crippen LogP contribution in [-0.2, 0) is 11.2 Å². The van der Waals surface area contributed by atoms with Crippen molar-refractivity contribution in [2.75, 3.05) is 5.32 Å². The molecule has 1 amide bonds. The molecular weight excluding hydrogens is 324 g/mol. The average molecular weight is 333 g/mol. The number of benzene rings is 2. The number of carbonyl (C=O) groups is 1. The minimum absolute atomic E-state index is 0.0259. The highest BCUT2D eigenvalue weighted by atomic mass is 35.5. The molecule has 20 heavy (non-hydrogen) atoms. The maximum atomic E-state index is 13.5. The molecule has 0 aliphatic heterocycles. The van der Waals surface area contributed by atoms with Crippen LogP contribution in [0.2, 0.25) is 15.1 Å². The number of hydrogen-bond donors (Lipinski definition) is 1. The molecule has 2 rings (SSSR count). The van der Waals surface area contributed by atoms with Crippen molar-refractivity contribution >= 4 is 46.4 Å². The van der Waals surface area contributed by atoms with Crippen LogP contribution in [0.1, 0.15) is 5.56 Å². The minimum Gasteiger partial charge on any atom is -0.323 e. The SMILES string of the molecule is O=C(Cc1ccc(Cl)cc1Cl)Nc1ccc(Cl)cc1F. The normalized spacial score (nSPS) is 10.4. The molecule has 0 heterocycles. The lowest BCUT2D eigenvalue weighted by Gasteiger charge is -2.08. The van der Waals surface area contributed by atoms with Crippen molar-refractivity contribution in [2.24, 2.45) is 0 Å². The van der Waals surface area contributed by atoms with E-state index >= 15 is 0 Å². The fraction of sp³-hybridized carbons (Fsp3) is 0.0714. The molecule has 104 valence electrons. The van der Waals surface area contributed by atoms with Gasteiger partial charge in [-0.25, -0.2) is 4.39 Å². The van der Waals surface area contributed by atoms with E-state index in [1.165, 1.54) is 12.1 Å². The summed E-state index contributed by atoms with van der Waals surface area (Å²) in [7, 11) is 0. The van der Waals surface area contributed by atoms with E-state index in [-0.39, 0.29) is 23.0 Å². The van der Waals surface area contributed by atoms with Gasteiger partial charge in [0.2, 0.25) is 5.91 Å². The van der Waals surface area contributed by atoms with E-state index in [0.717, 1.165) is 6.07 Å². The number of nitrogens with one attached hydrogen (secondary N) is 1. The quantitative estimate of drug-likeness (QED) is 0.845. The van der Waals surface area contributed by atoms with Crippen LogP contribution < -0.4 is 5.32 Å². The van der Waals surface area contributed by atoms with Crippen LogP contribution in [0.5, 0.6) is 0 Å². The van der Waals surface area contributed by atoms with Crippen LogP contribution in [0.4, 0.5) is 10.1 Å². The molecule has 0 aliphatic carbocycles. The number of anilines is 1. The summed E-state index contributed by atoms with van der Waals surface area (Å²) in [5.74, 6) is -0.969. The fourth-order valence-electron chi connectivity index (χ4n) is 1.62. The monoisotopic (exact) mass is 331 g/mol. The first kappa shape index (κ1) is 15.1. The highest BCUT2D eigenvalue weighted by Crippen LogP contribution is 2.23.